The molecule has 2 aliphatic carbocycles. The van der Waals surface area contributed by atoms with Crippen molar-refractivity contribution in [3.63, 3.8) is 0 Å². The van der Waals surface area contributed by atoms with E-state index in [0.29, 0.717) is 37.7 Å². The van der Waals surface area contributed by atoms with Gasteiger partial charge in [0.05, 0.1) is 0 Å². The van der Waals surface area contributed by atoms with E-state index < -0.39 is 17.6 Å². The van der Waals surface area contributed by atoms with Gasteiger partial charge in [0.25, 0.3) is 5.91 Å². The molecule has 3 atom stereocenters. The van der Waals surface area contributed by atoms with Gasteiger partial charge in [-0.25, -0.2) is 4.98 Å². The molecular formula is C25H38Cl2N4O4. The predicted molar refractivity (Wildman–Crippen MR) is 138 cm³/mol. The summed E-state index contributed by atoms with van der Waals surface area (Å²) in [6.07, 6.45) is 7.87. The number of esters is 1. The standard InChI is InChI=1S/C25H36N4O4.2ClH/c1-16-19(10-11-22(26)28-16)15-27-24(32)25-14-20(25)9-6-12-29(25)23(31)21(33-17(2)30)13-18-7-4-3-5-8-18;;/h10-11,18,20-21H,3-9,12-15H2,1-2H3,(H2,26,28)(H,27,32);2*1H/t20-,21-,25+;;/m1../s1. The van der Waals surface area contributed by atoms with Crippen LogP contribution in [0, 0.1) is 18.8 Å². The Morgan fingerprint density at radius 3 is 2.54 bits per heavy atom. The minimum Gasteiger partial charge on any atom is -0.452 e. The van der Waals surface area contributed by atoms with Crippen LogP contribution in [0.5, 0.6) is 0 Å². The SMILES string of the molecule is CC(=O)O[C@H](CC1CCCCC1)C(=O)N1CCC[C@@H]2C[C@@]21C(=O)NCc1ccc(N)nc1C.Cl.Cl. The minimum absolute atomic E-state index is 0. The number of rotatable bonds is 7. The van der Waals surface area contributed by atoms with Crippen molar-refractivity contribution in [1.82, 2.24) is 15.2 Å². The quantitative estimate of drug-likeness (QED) is 0.521. The summed E-state index contributed by atoms with van der Waals surface area (Å²) < 4.78 is 5.53. The van der Waals surface area contributed by atoms with Gasteiger partial charge in [-0.15, -0.1) is 24.8 Å². The molecule has 1 saturated heterocycles. The summed E-state index contributed by atoms with van der Waals surface area (Å²) >= 11 is 0. The number of hydrogen-bond donors (Lipinski definition) is 2. The number of nitrogens with one attached hydrogen (secondary N) is 1. The molecule has 1 aromatic heterocycles. The number of nitrogens with zero attached hydrogens (tertiary/aromatic N) is 2. The lowest BCUT2D eigenvalue weighted by molar-refractivity contribution is -0.164. The number of carbonyl (C=O) groups excluding carboxylic acids is 3. The highest BCUT2D eigenvalue weighted by molar-refractivity contribution is 5.96. The van der Waals surface area contributed by atoms with Crippen molar-refractivity contribution in [2.75, 3.05) is 12.3 Å². The van der Waals surface area contributed by atoms with Crippen molar-refractivity contribution >= 4 is 48.4 Å². The molecule has 0 radical (unpaired) electrons. The van der Waals surface area contributed by atoms with Crippen LogP contribution in [0.1, 0.15) is 76.0 Å². The number of carbonyl (C=O) groups is 3. The second kappa shape index (κ2) is 12.3. The van der Waals surface area contributed by atoms with Crippen LogP contribution in [0.15, 0.2) is 12.1 Å². The van der Waals surface area contributed by atoms with Gasteiger partial charge in [0.2, 0.25) is 5.91 Å². The van der Waals surface area contributed by atoms with E-state index in [4.69, 9.17) is 10.5 Å². The molecule has 2 heterocycles. The average Bonchev–Trinajstić information content (AvgIpc) is 3.54. The molecule has 0 bridgehead atoms. The van der Waals surface area contributed by atoms with E-state index in [2.05, 4.69) is 10.3 Å². The Bertz CT molecular complexity index is 925. The van der Waals surface area contributed by atoms with Gasteiger partial charge in [-0.3, -0.25) is 14.4 Å². The number of anilines is 1. The highest BCUT2D eigenvalue weighted by atomic mass is 35.5. The maximum absolute atomic E-state index is 13.7. The lowest BCUT2D eigenvalue weighted by Gasteiger charge is -2.38. The van der Waals surface area contributed by atoms with Crippen LogP contribution in [-0.2, 0) is 25.7 Å². The van der Waals surface area contributed by atoms with E-state index in [1.54, 1.807) is 11.0 Å². The topological polar surface area (TPSA) is 115 Å². The molecule has 8 nitrogen and oxygen atoms in total. The van der Waals surface area contributed by atoms with E-state index in [0.717, 1.165) is 49.8 Å². The Labute approximate surface area is 219 Å². The molecule has 1 aromatic rings. The molecule has 3 fully saturated rings. The van der Waals surface area contributed by atoms with Crippen molar-refractivity contribution in [1.29, 1.82) is 0 Å². The summed E-state index contributed by atoms with van der Waals surface area (Å²) in [4.78, 5) is 44.9. The molecule has 196 valence electrons. The van der Waals surface area contributed by atoms with Crippen molar-refractivity contribution < 1.29 is 19.1 Å². The minimum atomic E-state index is -0.824. The van der Waals surface area contributed by atoms with Crippen LogP contribution >= 0.6 is 24.8 Å². The molecule has 3 N–H and O–H groups in total. The second-order valence-corrected chi connectivity index (χ2v) is 9.96. The number of ether oxygens (including phenoxy) is 1. The second-order valence-electron chi connectivity index (χ2n) is 9.96. The number of nitrogens with two attached hydrogens (primary N) is 1. The Balaban J connectivity index is 0.00000216. The molecule has 0 aromatic carbocycles. The maximum Gasteiger partial charge on any atom is 0.303 e. The van der Waals surface area contributed by atoms with E-state index in [1.165, 1.54) is 13.3 Å². The first-order valence-corrected chi connectivity index (χ1v) is 12.3. The first-order chi connectivity index (χ1) is 15.8. The van der Waals surface area contributed by atoms with Crippen LogP contribution < -0.4 is 11.1 Å². The molecule has 0 unspecified atom stereocenters. The Morgan fingerprint density at radius 1 is 1.17 bits per heavy atom. The molecular weight excluding hydrogens is 491 g/mol. The lowest BCUT2D eigenvalue weighted by Crippen LogP contribution is -2.58. The first kappa shape index (κ1) is 29.2. The zero-order chi connectivity index (χ0) is 23.6. The lowest BCUT2D eigenvalue weighted by atomic mass is 9.85. The Hall–Kier alpha value is -2.06. The predicted octanol–water partition coefficient (Wildman–Crippen LogP) is 3.72. The normalized spacial score (nSPS) is 24.2. The number of aryl methyl sites for hydroxylation is 1. The van der Waals surface area contributed by atoms with E-state index in [-0.39, 0.29) is 42.5 Å². The number of halogens is 2. The number of pyridine rings is 1. The molecule has 2 saturated carbocycles. The fourth-order valence-electron chi connectivity index (χ4n) is 5.81. The summed E-state index contributed by atoms with van der Waals surface area (Å²) in [5.41, 5.74) is 6.58. The Kier molecular flexibility index (Phi) is 10.2. The number of nitrogen functional groups attached to an aromatic ring is 1. The van der Waals surface area contributed by atoms with Crippen LogP contribution in [0.2, 0.25) is 0 Å². The van der Waals surface area contributed by atoms with Gasteiger partial charge in [-0.05, 0) is 56.1 Å². The summed E-state index contributed by atoms with van der Waals surface area (Å²) in [5, 5.41) is 3.04. The summed E-state index contributed by atoms with van der Waals surface area (Å²) in [6, 6.07) is 3.59. The van der Waals surface area contributed by atoms with Crippen LogP contribution in [0.4, 0.5) is 5.82 Å². The van der Waals surface area contributed by atoms with Crippen LogP contribution in [0.3, 0.4) is 0 Å². The molecule has 10 heteroatoms. The van der Waals surface area contributed by atoms with Gasteiger partial charge in [0.1, 0.15) is 11.4 Å². The average molecular weight is 530 g/mol. The fraction of sp³-hybridized carbons (Fsp3) is 0.680. The number of hydrogen-bond acceptors (Lipinski definition) is 6. The van der Waals surface area contributed by atoms with Crippen molar-refractivity contribution in [3.05, 3.63) is 23.4 Å². The highest BCUT2D eigenvalue weighted by Gasteiger charge is 2.66. The molecule has 4 rings (SSSR count). The summed E-state index contributed by atoms with van der Waals surface area (Å²) in [6.45, 7) is 4.07. The third-order valence-corrected chi connectivity index (χ3v) is 7.66. The Morgan fingerprint density at radius 2 is 1.89 bits per heavy atom. The number of aromatic nitrogens is 1. The summed E-state index contributed by atoms with van der Waals surface area (Å²) in [7, 11) is 0. The maximum atomic E-state index is 13.7. The number of likely N-dealkylation sites (tertiary alicyclic amines) is 1. The van der Waals surface area contributed by atoms with Crippen molar-refractivity contribution in [3.8, 4) is 0 Å². The van der Waals surface area contributed by atoms with Crippen LogP contribution in [0.25, 0.3) is 0 Å². The zero-order valence-electron chi connectivity index (χ0n) is 20.6. The van der Waals surface area contributed by atoms with Gasteiger partial charge >= 0.3 is 5.97 Å². The first-order valence-electron chi connectivity index (χ1n) is 12.3. The molecule has 3 aliphatic rings. The molecule has 1 aliphatic heterocycles. The summed E-state index contributed by atoms with van der Waals surface area (Å²) in [5.74, 6) is 0.209. The van der Waals surface area contributed by atoms with E-state index in [1.807, 2.05) is 13.0 Å². The number of fused-ring (bicyclic) bond motifs is 1. The number of piperidine rings is 1. The fourth-order valence-corrected chi connectivity index (χ4v) is 5.81. The van der Waals surface area contributed by atoms with Gasteiger partial charge in [-0.1, -0.05) is 38.2 Å². The van der Waals surface area contributed by atoms with Gasteiger partial charge < -0.3 is 20.7 Å². The van der Waals surface area contributed by atoms with Gasteiger partial charge in [0.15, 0.2) is 6.10 Å². The highest BCUT2D eigenvalue weighted by Crippen LogP contribution is 2.54. The number of amides is 2. The third kappa shape index (κ3) is 6.39. The van der Waals surface area contributed by atoms with Crippen molar-refractivity contribution in [2.45, 2.75) is 89.8 Å². The van der Waals surface area contributed by atoms with Crippen molar-refractivity contribution in [2.24, 2.45) is 11.8 Å². The zero-order valence-corrected chi connectivity index (χ0v) is 22.2. The van der Waals surface area contributed by atoms with Crippen LogP contribution in [-0.4, -0.2) is 45.9 Å². The molecule has 0 spiro atoms. The van der Waals surface area contributed by atoms with Gasteiger partial charge in [-0.2, -0.15) is 0 Å². The molecule has 35 heavy (non-hydrogen) atoms. The smallest absolute Gasteiger partial charge is 0.303 e. The largest absolute Gasteiger partial charge is 0.452 e. The third-order valence-electron chi connectivity index (χ3n) is 7.66. The van der Waals surface area contributed by atoms with E-state index in [9.17, 15) is 14.4 Å². The molecule has 2 amide bonds. The monoisotopic (exact) mass is 528 g/mol. The van der Waals surface area contributed by atoms with Gasteiger partial charge in [0, 0.05) is 25.7 Å². The van der Waals surface area contributed by atoms with E-state index >= 15 is 0 Å².